The number of carbonyl (C=O) groups is 3. The zero-order valence-corrected chi connectivity index (χ0v) is 19.1. The lowest BCUT2D eigenvalue weighted by Crippen LogP contribution is -2.52. The molecule has 2 amide bonds. The van der Waals surface area contributed by atoms with E-state index < -0.39 is 0 Å². The lowest BCUT2D eigenvalue weighted by atomic mass is 10.1. The average Bonchev–Trinajstić information content (AvgIpc) is 3.59. The van der Waals surface area contributed by atoms with Crippen molar-refractivity contribution in [2.24, 2.45) is 0 Å². The van der Waals surface area contributed by atoms with Crippen molar-refractivity contribution in [1.29, 1.82) is 0 Å². The molecular weight excluding hydrogens is 442 g/mol. The molecule has 0 bridgehead atoms. The number of rotatable bonds is 6. The fraction of sp³-hybridized carbons (Fsp3) is 0.292. The normalized spacial score (nSPS) is 19.7. The van der Waals surface area contributed by atoms with Crippen LogP contribution in [0, 0.1) is 0 Å². The van der Waals surface area contributed by atoms with Gasteiger partial charge < -0.3 is 4.90 Å². The quantitative estimate of drug-likeness (QED) is 0.412. The van der Waals surface area contributed by atoms with Gasteiger partial charge in [-0.2, -0.15) is 0 Å². The second-order valence-corrected chi connectivity index (χ2v) is 9.97. The number of hydrogen-bond donors (Lipinski definition) is 0. The van der Waals surface area contributed by atoms with E-state index in [2.05, 4.69) is 9.80 Å². The predicted octanol–water partition coefficient (Wildman–Crippen LogP) is 3.49. The summed E-state index contributed by atoms with van der Waals surface area (Å²) in [5.74, 6) is -0.108. The second-order valence-electron chi connectivity index (χ2n) is 7.99. The molecule has 0 saturated carbocycles. The van der Waals surface area contributed by atoms with Crippen LogP contribution in [0.5, 0.6) is 0 Å². The number of imide groups is 1. The van der Waals surface area contributed by atoms with Gasteiger partial charge in [0.1, 0.15) is 0 Å². The van der Waals surface area contributed by atoms with Gasteiger partial charge in [0.25, 0.3) is 0 Å². The third kappa shape index (κ3) is 4.13. The fourth-order valence-corrected chi connectivity index (χ4v) is 5.72. The van der Waals surface area contributed by atoms with Crippen molar-refractivity contribution in [3.05, 3.63) is 74.6 Å². The standard InChI is InChI=1S/C24H23N3O3S2/c28-22-15-20(24(30)27(22)16-19-3-1-13-31-19)26-11-9-25(10-12-26)18-7-5-17(6-8-18)23(29)21-4-2-14-32-21/h1-8,13-14,20H,9-12,15-16H2/t20-/m0/s1. The van der Waals surface area contributed by atoms with Crippen LogP contribution in [0.4, 0.5) is 5.69 Å². The van der Waals surface area contributed by atoms with E-state index in [4.69, 9.17) is 0 Å². The summed E-state index contributed by atoms with van der Waals surface area (Å²) in [6.07, 6.45) is 0.268. The Hall–Kier alpha value is -2.81. The molecule has 6 nitrogen and oxygen atoms in total. The van der Waals surface area contributed by atoms with Gasteiger partial charge in [0, 0.05) is 42.3 Å². The van der Waals surface area contributed by atoms with Crippen molar-refractivity contribution in [1.82, 2.24) is 9.80 Å². The van der Waals surface area contributed by atoms with E-state index >= 15 is 0 Å². The van der Waals surface area contributed by atoms with Crippen molar-refractivity contribution < 1.29 is 14.4 Å². The molecule has 2 aliphatic heterocycles. The van der Waals surface area contributed by atoms with Crippen LogP contribution in [0.15, 0.2) is 59.3 Å². The Balaban J connectivity index is 1.19. The highest BCUT2D eigenvalue weighted by atomic mass is 32.1. The van der Waals surface area contributed by atoms with Gasteiger partial charge in [-0.05, 0) is 47.2 Å². The molecule has 1 aromatic carbocycles. The highest BCUT2D eigenvalue weighted by Gasteiger charge is 2.42. The summed E-state index contributed by atoms with van der Waals surface area (Å²) in [5.41, 5.74) is 1.76. The predicted molar refractivity (Wildman–Crippen MR) is 126 cm³/mol. The number of thiophene rings is 2. The van der Waals surface area contributed by atoms with E-state index in [0.717, 1.165) is 41.6 Å². The summed E-state index contributed by atoms with van der Waals surface area (Å²) in [5, 5.41) is 3.87. The zero-order chi connectivity index (χ0) is 22.1. The number of nitrogens with zero attached hydrogens (tertiary/aromatic N) is 3. The van der Waals surface area contributed by atoms with Crippen molar-refractivity contribution in [3.8, 4) is 0 Å². The van der Waals surface area contributed by atoms with Gasteiger partial charge in [-0.15, -0.1) is 22.7 Å². The molecule has 2 saturated heterocycles. The summed E-state index contributed by atoms with van der Waals surface area (Å²) in [7, 11) is 0. The van der Waals surface area contributed by atoms with Gasteiger partial charge in [-0.3, -0.25) is 24.2 Å². The molecule has 4 heterocycles. The first-order valence-corrected chi connectivity index (χ1v) is 12.4. The fourth-order valence-electron chi connectivity index (χ4n) is 4.34. The van der Waals surface area contributed by atoms with E-state index in [0.29, 0.717) is 12.1 Å². The van der Waals surface area contributed by atoms with Crippen molar-refractivity contribution in [3.63, 3.8) is 0 Å². The van der Waals surface area contributed by atoms with Gasteiger partial charge >= 0.3 is 0 Å². The summed E-state index contributed by atoms with van der Waals surface area (Å²) < 4.78 is 0. The number of benzene rings is 1. The van der Waals surface area contributed by atoms with E-state index in [1.165, 1.54) is 16.2 Å². The van der Waals surface area contributed by atoms with Crippen LogP contribution in [-0.4, -0.2) is 59.6 Å². The lowest BCUT2D eigenvalue weighted by molar-refractivity contribution is -0.140. The van der Waals surface area contributed by atoms with Crippen LogP contribution in [0.3, 0.4) is 0 Å². The molecule has 0 aliphatic carbocycles. The first kappa shape index (κ1) is 21.1. The van der Waals surface area contributed by atoms with Crippen molar-refractivity contribution >= 4 is 46.0 Å². The molecule has 0 radical (unpaired) electrons. The third-order valence-electron chi connectivity index (χ3n) is 6.11. The SMILES string of the molecule is O=C(c1ccc(N2CCN([C@H]3CC(=O)N(Cc4cccs4)C3=O)CC2)cc1)c1cccs1. The van der Waals surface area contributed by atoms with E-state index in [1.807, 2.05) is 59.3 Å². The van der Waals surface area contributed by atoms with E-state index in [1.54, 1.807) is 11.3 Å². The topological polar surface area (TPSA) is 60.9 Å². The minimum atomic E-state index is -0.351. The van der Waals surface area contributed by atoms with Gasteiger partial charge in [-0.1, -0.05) is 12.1 Å². The monoisotopic (exact) mass is 465 g/mol. The van der Waals surface area contributed by atoms with Gasteiger partial charge in [0.05, 0.1) is 23.9 Å². The molecular formula is C24H23N3O3S2. The summed E-state index contributed by atoms with van der Waals surface area (Å²) in [6, 6.07) is 15.0. The first-order chi connectivity index (χ1) is 15.6. The molecule has 1 atom stereocenters. The smallest absolute Gasteiger partial charge is 0.247 e. The number of likely N-dealkylation sites (tertiary alicyclic amines) is 1. The van der Waals surface area contributed by atoms with Crippen LogP contribution in [-0.2, 0) is 16.1 Å². The highest BCUT2D eigenvalue weighted by molar-refractivity contribution is 7.12. The Morgan fingerprint density at radius 2 is 1.62 bits per heavy atom. The number of hydrogen-bond acceptors (Lipinski definition) is 7. The molecule has 32 heavy (non-hydrogen) atoms. The Morgan fingerprint density at radius 1 is 0.906 bits per heavy atom. The molecule has 8 heteroatoms. The van der Waals surface area contributed by atoms with Crippen LogP contribution in [0.1, 0.15) is 26.5 Å². The van der Waals surface area contributed by atoms with Crippen LogP contribution in [0.25, 0.3) is 0 Å². The largest absolute Gasteiger partial charge is 0.369 e. The molecule has 3 aromatic rings. The maximum absolute atomic E-state index is 12.9. The number of anilines is 1. The average molecular weight is 466 g/mol. The molecule has 164 valence electrons. The molecule has 0 unspecified atom stereocenters. The third-order valence-corrected chi connectivity index (χ3v) is 7.84. The maximum Gasteiger partial charge on any atom is 0.247 e. The highest BCUT2D eigenvalue weighted by Crippen LogP contribution is 2.25. The number of piperazine rings is 1. The Kier molecular flexibility index (Phi) is 5.91. The molecule has 2 fully saturated rings. The van der Waals surface area contributed by atoms with Gasteiger partial charge in [0.15, 0.2) is 0 Å². The van der Waals surface area contributed by atoms with Crippen molar-refractivity contribution in [2.75, 3.05) is 31.1 Å². The zero-order valence-electron chi connectivity index (χ0n) is 17.5. The molecule has 2 aromatic heterocycles. The maximum atomic E-state index is 12.9. The Labute approximate surface area is 194 Å². The molecule has 0 spiro atoms. The number of carbonyl (C=O) groups excluding carboxylic acids is 3. The van der Waals surface area contributed by atoms with Crippen LogP contribution < -0.4 is 4.90 Å². The Bertz CT molecular complexity index is 1100. The Morgan fingerprint density at radius 3 is 2.28 bits per heavy atom. The summed E-state index contributed by atoms with van der Waals surface area (Å²) in [4.78, 5) is 45.5. The second kappa shape index (κ2) is 8.97. The van der Waals surface area contributed by atoms with Crippen LogP contribution >= 0.6 is 22.7 Å². The number of ketones is 1. The minimum absolute atomic E-state index is 0.0490. The summed E-state index contributed by atoms with van der Waals surface area (Å²) in [6.45, 7) is 3.39. The van der Waals surface area contributed by atoms with Gasteiger partial charge in [0.2, 0.25) is 17.6 Å². The van der Waals surface area contributed by atoms with Crippen molar-refractivity contribution in [2.45, 2.75) is 19.0 Å². The van der Waals surface area contributed by atoms with Crippen LogP contribution in [0.2, 0.25) is 0 Å². The molecule has 2 aliphatic rings. The molecule has 0 N–H and O–H groups in total. The minimum Gasteiger partial charge on any atom is -0.369 e. The molecule has 5 rings (SSSR count). The number of amides is 2. The van der Waals surface area contributed by atoms with E-state index in [9.17, 15) is 14.4 Å². The van der Waals surface area contributed by atoms with E-state index in [-0.39, 0.29) is 30.1 Å². The van der Waals surface area contributed by atoms with Gasteiger partial charge in [-0.25, -0.2) is 0 Å². The first-order valence-electron chi connectivity index (χ1n) is 10.6. The summed E-state index contributed by atoms with van der Waals surface area (Å²) >= 11 is 3.02. The lowest BCUT2D eigenvalue weighted by Gasteiger charge is -2.38.